The van der Waals surface area contributed by atoms with E-state index in [1.165, 1.54) is 12.1 Å². The van der Waals surface area contributed by atoms with E-state index < -0.39 is 0 Å². The van der Waals surface area contributed by atoms with Crippen LogP contribution in [-0.2, 0) is 0 Å². The molecule has 3 heterocycles. The molecular formula is C17H18BrFN4O. The standard InChI is InChI=1S/C17H18BrFN4O/c18-15-10-22(12-3-1-11(19)2-4-12)21-16(15)17(24)23-13-5-6-14(23)9-20-8-7-13/h1-4,10,13-14,20H,5-9H2. The number of amides is 1. The summed E-state index contributed by atoms with van der Waals surface area (Å²) < 4.78 is 15.4. The highest BCUT2D eigenvalue weighted by Gasteiger charge is 2.39. The molecule has 1 aromatic heterocycles. The lowest BCUT2D eigenvalue weighted by atomic mass is 10.1. The number of nitrogens with one attached hydrogen (secondary N) is 1. The predicted molar refractivity (Wildman–Crippen MR) is 91.7 cm³/mol. The Labute approximate surface area is 148 Å². The normalized spacial score (nSPS) is 23.3. The molecule has 0 radical (unpaired) electrons. The fraction of sp³-hybridized carbons (Fsp3) is 0.412. The van der Waals surface area contributed by atoms with Crippen molar-refractivity contribution in [1.29, 1.82) is 0 Å². The maximum absolute atomic E-state index is 13.1. The highest BCUT2D eigenvalue weighted by atomic mass is 79.9. The first-order valence-corrected chi connectivity index (χ1v) is 8.97. The van der Waals surface area contributed by atoms with E-state index in [9.17, 15) is 9.18 Å². The van der Waals surface area contributed by atoms with Gasteiger partial charge >= 0.3 is 0 Å². The number of carbonyl (C=O) groups excluding carboxylic acids is 1. The van der Waals surface area contributed by atoms with Crippen LogP contribution in [0.4, 0.5) is 4.39 Å². The maximum atomic E-state index is 13.1. The molecule has 1 N–H and O–H groups in total. The van der Waals surface area contributed by atoms with Gasteiger partial charge in [-0.3, -0.25) is 4.79 Å². The van der Waals surface area contributed by atoms with Crippen LogP contribution in [0, 0.1) is 5.82 Å². The van der Waals surface area contributed by atoms with Crippen molar-refractivity contribution in [2.24, 2.45) is 0 Å². The van der Waals surface area contributed by atoms with Crippen LogP contribution in [0.1, 0.15) is 29.8 Å². The molecule has 2 aliphatic heterocycles. The Morgan fingerprint density at radius 3 is 2.75 bits per heavy atom. The second-order valence-corrected chi connectivity index (χ2v) is 7.19. The summed E-state index contributed by atoms with van der Waals surface area (Å²) in [6, 6.07) is 6.58. The number of fused-ring (bicyclic) bond motifs is 2. The molecule has 0 aliphatic carbocycles. The number of aromatic nitrogens is 2. The van der Waals surface area contributed by atoms with Crippen LogP contribution in [-0.4, -0.2) is 45.8 Å². The van der Waals surface area contributed by atoms with Gasteiger partial charge in [0.25, 0.3) is 5.91 Å². The van der Waals surface area contributed by atoms with E-state index in [0.717, 1.165) is 38.0 Å². The zero-order chi connectivity index (χ0) is 16.7. The fourth-order valence-corrected chi connectivity index (χ4v) is 4.10. The molecule has 0 saturated carbocycles. The number of rotatable bonds is 2. The molecule has 1 aromatic carbocycles. The van der Waals surface area contributed by atoms with Gasteiger partial charge in [-0.15, -0.1) is 0 Å². The molecule has 0 spiro atoms. The first kappa shape index (κ1) is 15.8. The molecule has 4 rings (SSSR count). The number of benzene rings is 1. The van der Waals surface area contributed by atoms with Crippen molar-refractivity contribution >= 4 is 21.8 Å². The predicted octanol–water partition coefficient (Wildman–Crippen LogP) is 2.74. The molecule has 2 bridgehead atoms. The minimum Gasteiger partial charge on any atom is -0.330 e. The molecule has 2 aliphatic rings. The van der Waals surface area contributed by atoms with E-state index in [4.69, 9.17) is 0 Å². The summed E-state index contributed by atoms with van der Waals surface area (Å²) in [7, 11) is 0. The molecular weight excluding hydrogens is 375 g/mol. The third-order valence-corrected chi connectivity index (χ3v) is 5.43. The van der Waals surface area contributed by atoms with Crippen LogP contribution >= 0.6 is 15.9 Å². The summed E-state index contributed by atoms with van der Waals surface area (Å²) >= 11 is 3.46. The number of carbonyl (C=O) groups is 1. The Morgan fingerprint density at radius 2 is 1.96 bits per heavy atom. The molecule has 1 amide bonds. The summed E-state index contributed by atoms with van der Waals surface area (Å²) in [5.41, 5.74) is 1.13. The lowest BCUT2D eigenvalue weighted by molar-refractivity contribution is 0.0672. The van der Waals surface area contributed by atoms with Gasteiger partial charge in [0.05, 0.1) is 10.2 Å². The van der Waals surface area contributed by atoms with E-state index in [0.29, 0.717) is 16.2 Å². The lowest BCUT2D eigenvalue weighted by Gasteiger charge is -2.27. The third kappa shape index (κ3) is 2.75. The Morgan fingerprint density at radius 1 is 1.21 bits per heavy atom. The minimum absolute atomic E-state index is 0.0288. The Kier molecular flexibility index (Phi) is 4.14. The van der Waals surface area contributed by atoms with Gasteiger partial charge in [-0.2, -0.15) is 5.10 Å². The van der Waals surface area contributed by atoms with Crippen LogP contribution in [0.2, 0.25) is 0 Å². The van der Waals surface area contributed by atoms with Crippen molar-refractivity contribution in [3.63, 3.8) is 0 Å². The minimum atomic E-state index is -0.296. The van der Waals surface area contributed by atoms with Crippen molar-refractivity contribution in [2.45, 2.75) is 31.3 Å². The molecule has 24 heavy (non-hydrogen) atoms. The van der Waals surface area contributed by atoms with Crippen molar-refractivity contribution in [3.8, 4) is 5.69 Å². The van der Waals surface area contributed by atoms with Crippen LogP contribution in [0.3, 0.4) is 0 Å². The number of halogens is 2. The number of hydrogen-bond donors (Lipinski definition) is 1. The van der Waals surface area contributed by atoms with E-state index in [1.807, 2.05) is 4.90 Å². The largest absolute Gasteiger partial charge is 0.330 e. The summed E-state index contributed by atoms with van der Waals surface area (Å²) in [6.07, 6.45) is 4.84. The summed E-state index contributed by atoms with van der Waals surface area (Å²) in [6.45, 7) is 1.80. The average Bonchev–Trinajstić information content (AvgIpc) is 3.06. The van der Waals surface area contributed by atoms with Gasteiger partial charge in [0.1, 0.15) is 5.82 Å². The number of hydrogen-bond acceptors (Lipinski definition) is 3. The first-order valence-electron chi connectivity index (χ1n) is 8.18. The molecule has 2 unspecified atom stereocenters. The van der Waals surface area contributed by atoms with Crippen molar-refractivity contribution < 1.29 is 9.18 Å². The first-order chi connectivity index (χ1) is 11.6. The van der Waals surface area contributed by atoms with Crippen LogP contribution in [0.25, 0.3) is 5.69 Å². The Bertz CT molecular complexity index is 746. The monoisotopic (exact) mass is 392 g/mol. The van der Waals surface area contributed by atoms with Gasteiger partial charge in [-0.25, -0.2) is 9.07 Å². The molecule has 2 saturated heterocycles. The summed E-state index contributed by atoms with van der Waals surface area (Å²) in [4.78, 5) is 15.1. The molecule has 2 fully saturated rings. The smallest absolute Gasteiger partial charge is 0.276 e. The second kappa shape index (κ2) is 6.29. The van der Waals surface area contributed by atoms with Gasteiger partial charge in [0.15, 0.2) is 5.69 Å². The van der Waals surface area contributed by atoms with E-state index in [1.54, 1.807) is 23.0 Å². The SMILES string of the molecule is O=C(c1nn(-c2ccc(F)cc2)cc1Br)N1C2CCNCC1CC2. The topological polar surface area (TPSA) is 50.2 Å². The van der Waals surface area contributed by atoms with E-state index in [-0.39, 0.29) is 17.8 Å². The zero-order valence-electron chi connectivity index (χ0n) is 13.1. The molecule has 5 nitrogen and oxygen atoms in total. The number of nitrogens with zero attached hydrogens (tertiary/aromatic N) is 3. The van der Waals surface area contributed by atoms with Crippen molar-refractivity contribution in [3.05, 3.63) is 46.4 Å². The van der Waals surface area contributed by atoms with Gasteiger partial charge in [0, 0.05) is 24.8 Å². The van der Waals surface area contributed by atoms with Crippen molar-refractivity contribution in [2.75, 3.05) is 13.1 Å². The third-order valence-electron chi connectivity index (χ3n) is 4.85. The highest BCUT2D eigenvalue weighted by molar-refractivity contribution is 9.10. The van der Waals surface area contributed by atoms with Gasteiger partial charge < -0.3 is 10.2 Å². The Balaban J connectivity index is 1.64. The van der Waals surface area contributed by atoms with Gasteiger partial charge in [-0.05, 0) is 66.0 Å². The molecule has 2 aromatic rings. The van der Waals surface area contributed by atoms with E-state index in [2.05, 4.69) is 26.3 Å². The molecule has 2 atom stereocenters. The van der Waals surface area contributed by atoms with Crippen LogP contribution in [0.5, 0.6) is 0 Å². The van der Waals surface area contributed by atoms with Crippen LogP contribution in [0.15, 0.2) is 34.9 Å². The quantitative estimate of drug-likeness (QED) is 0.854. The lowest BCUT2D eigenvalue weighted by Crippen LogP contribution is -2.42. The summed E-state index contributed by atoms with van der Waals surface area (Å²) in [5, 5.41) is 7.85. The summed E-state index contributed by atoms with van der Waals surface area (Å²) in [5.74, 6) is -0.325. The van der Waals surface area contributed by atoms with E-state index >= 15 is 0 Å². The van der Waals surface area contributed by atoms with Crippen LogP contribution < -0.4 is 5.32 Å². The molecule has 7 heteroatoms. The average molecular weight is 393 g/mol. The van der Waals surface area contributed by atoms with Crippen molar-refractivity contribution in [1.82, 2.24) is 20.0 Å². The molecule has 126 valence electrons. The second-order valence-electron chi connectivity index (χ2n) is 6.34. The Hall–Kier alpha value is -1.73. The van der Waals surface area contributed by atoms with Gasteiger partial charge in [0.2, 0.25) is 0 Å². The zero-order valence-corrected chi connectivity index (χ0v) is 14.7. The van der Waals surface area contributed by atoms with Gasteiger partial charge in [-0.1, -0.05) is 0 Å². The maximum Gasteiger partial charge on any atom is 0.276 e. The fourth-order valence-electron chi connectivity index (χ4n) is 3.66. The highest BCUT2D eigenvalue weighted by Crippen LogP contribution is 2.31.